The summed E-state index contributed by atoms with van der Waals surface area (Å²) in [5.74, 6) is 0. The first-order valence-corrected chi connectivity index (χ1v) is 7.29. The third-order valence-electron chi connectivity index (χ3n) is 4.06. The molecule has 1 aliphatic rings. The van der Waals surface area contributed by atoms with Crippen molar-refractivity contribution in [2.24, 2.45) is 0 Å². The summed E-state index contributed by atoms with van der Waals surface area (Å²) < 4.78 is 5.93. The van der Waals surface area contributed by atoms with E-state index < -0.39 is 0 Å². The molecular weight excluding hydrogens is 252 g/mol. The van der Waals surface area contributed by atoms with Gasteiger partial charge < -0.3 is 20.0 Å². The summed E-state index contributed by atoms with van der Waals surface area (Å²) in [7, 11) is 2.18. The summed E-state index contributed by atoms with van der Waals surface area (Å²) in [6.07, 6.45) is 2.21. The lowest BCUT2D eigenvalue weighted by Gasteiger charge is -2.28. The predicted octanol–water partition coefficient (Wildman–Crippen LogP) is 2.33. The maximum absolute atomic E-state index is 5.97. The Morgan fingerprint density at radius 2 is 2.25 bits per heavy atom. The summed E-state index contributed by atoms with van der Waals surface area (Å²) in [5, 5.41) is 0. The lowest BCUT2D eigenvalue weighted by atomic mass is 10.2. The highest BCUT2D eigenvalue weighted by molar-refractivity contribution is 5.86. The van der Waals surface area contributed by atoms with Crippen LogP contribution in [0.3, 0.4) is 0 Å². The van der Waals surface area contributed by atoms with Gasteiger partial charge in [0.1, 0.15) is 5.52 Å². The molecular formula is C15H22N4O. The number of anilines is 2. The van der Waals surface area contributed by atoms with E-state index >= 15 is 0 Å². The predicted molar refractivity (Wildman–Crippen MR) is 82.0 cm³/mol. The van der Waals surface area contributed by atoms with E-state index in [2.05, 4.69) is 28.8 Å². The van der Waals surface area contributed by atoms with Crippen LogP contribution in [0.1, 0.15) is 19.8 Å². The average molecular weight is 274 g/mol. The minimum absolute atomic E-state index is 0.441. The second-order valence-corrected chi connectivity index (χ2v) is 5.56. The Labute approximate surface area is 119 Å². The van der Waals surface area contributed by atoms with Gasteiger partial charge in [0, 0.05) is 19.1 Å². The van der Waals surface area contributed by atoms with Gasteiger partial charge in [-0.15, -0.1) is 0 Å². The van der Waals surface area contributed by atoms with E-state index in [-0.39, 0.29) is 0 Å². The van der Waals surface area contributed by atoms with Crippen LogP contribution < -0.4 is 10.6 Å². The van der Waals surface area contributed by atoms with Gasteiger partial charge in [-0.25, -0.2) is 0 Å². The molecule has 1 fully saturated rings. The van der Waals surface area contributed by atoms with Crippen molar-refractivity contribution >= 4 is 22.8 Å². The molecule has 1 aromatic carbocycles. The Morgan fingerprint density at radius 1 is 1.40 bits per heavy atom. The largest absolute Gasteiger partial charge is 0.423 e. The Hall–Kier alpha value is -1.75. The Kier molecular flexibility index (Phi) is 3.53. The van der Waals surface area contributed by atoms with Gasteiger partial charge in [0.25, 0.3) is 6.01 Å². The molecule has 0 bridgehead atoms. The summed E-state index contributed by atoms with van der Waals surface area (Å²) >= 11 is 0. The normalized spacial score (nSPS) is 21.3. The van der Waals surface area contributed by atoms with Gasteiger partial charge in [-0.05, 0) is 38.6 Å². The van der Waals surface area contributed by atoms with E-state index in [4.69, 9.17) is 10.2 Å². The number of rotatable bonds is 2. The zero-order valence-corrected chi connectivity index (χ0v) is 12.2. The average Bonchev–Trinajstić information content (AvgIpc) is 2.77. The number of nitrogens with two attached hydrogens (primary N) is 1. The van der Waals surface area contributed by atoms with Crippen molar-refractivity contribution in [3.05, 3.63) is 18.2 Å². The summed E-state index contributed by atoms with van der Waals surface area (Å²) in [5.41, 5.74) is 8.19. The van der Waals surface area contributed by atoms with Crippen molar-refractivity contribution in [3.8, 4) is 0 Å². The molecule has 2 N–H and O–H groups in total. The highest BCUT2D eigenvalue weighted by Gasteiger charge is 2.26. The van der Waals surface area contributed by atoms with E-state index in [0.717, 1.165) is 43.6 Å². The van der Waals surface area contributed by atoms with Crippen molar-refractivity contribution < 1.29 is 4.42 Å². The molecule has 1 atom stereocenters. The molecule has 1 aliphatic heterocycles. The highest BCUT2D eigenvalue weighted by atomic mass is 16.4. The van der Waals surface area contributed by atoms with E-state index in [0.29, 0.717) is 17.7 Å². The van der Waals surface area contributed by atoms with Crippen molar-refractivity contribution in [1.29, 1.82) is 0 Å². The van der Waals surface area contributed by atoms with E-state index in [1.807, 2.05) is 18.2 Å². The number of hydrogen-bond donors (Lipinski definition) is 1. The van der Waals surface area contributed by atoms with Crippen LogP contribution >= 0.6 is 0 Å². The van der Waals surface area contributed by atoms with Crippen molar-refractivity contribution in [2.45, 2.75) is 25.8 Å². The third-order valence-corrected chi connectivity index (χ3v) is 4.06. The molecule has 20 heavy (non-hydrogen) atoms. The van der Waals surface area contributed by atoms with Gasteiger partial charge in [-0.3, -0.25) is 0 Å². The topological polar surface area (TPSA) is 58.5 Å². The molecule has 0 radical (unpaired) electrons. The molecule has 108 valence electrons. The van der Waals surface area contributed by atoms with E-state index in [9.17, 15) is 0 Å². The number of nitrogens with zero attached hydrogens (tertiary/aromatic N) is 3. The second-order valence-electron chi connectivity index (χ2n) is 5.56. The molecule has 5 nitrogen and oxygen atoms in total. The van der Waals surface area contributed by atoms with Gasteiger partial charge in [0.15, 0.2) is 5.58 Å². The second kappa shape index (κ2) is 5.32. The van der Waals surface area contributed by atoms with Crippen LogP contribution in [-0.2, 0) is 0 Å². The van der Waals surface area contributed by atoms with Crippen LogP contribution in [0.4, 0.5) is 11.7 Å². The van der Waals surface area contributed by atoms with Crippen LogP contribution in [-0.4, -0.2) is 42.6 Å². The van der Waals surface area contributed by atoms with Gasteiger partial charge in [0.2, 0.25) is 0 Å². The van der Waals surface area contributed by atoms with E-state index in [1.165, 1.54) is 0 Å². The van der Waals surface area contributed by atoms with Crippen LogP contribution in [0.2, 0.25) is 0 Å². The number of fused-ring (bicyclic) bond motifs is 1. The Bertz CT molecular complexity index is 595. The van der Waals surface area contributed by atoms with Crippen LogP contribution in [0.15, 0.2) is 22.6 Å². The summed E-state index contributed by atoms with van der Waals surface area (Å²) in [6, 6.07) is 6.84. The first-order chi connectivity index (χ1) is 9.69. The molecule has 3 rings (SSSR count). The fourth-order valence-electron chi connectivity index (χ4n) is 2.93. The van der Waals surface area contributed by atoms with Crippen LogP contribution in [0, 0.1) is 0 Å². The molecule has 2 heterocycles. The number of benzene rings is 1. The molecule has 2 aromatic rings. The van der Waals surface area contributed by atoms with Crippen molar-refractivity contribution in [2.75, 3.05) is 37.3 Å². The zero-order chi connectivity index (χ0) is 14.1. The molecule has 1 unspecified atom stereocenters. The first-order valence-electron chi connectivity index (χ1n) is 7.29. The van der Waals surface area contributed by atoms with Crippen molar-refractivity contribution in [1.82, 2.24) is 9.88 Å². The number of aromatic nitrogens is 1. The zero-order valence-electron chi connectivity index (χ0n) is 12.2. The molecule has 0 saturated carbocycles. The SMILES string of the molecule is CCC1CN(C)CCCN1c1nc2c(N)cccc2o1. The molecule has 1 aromatic heterocycles. The van der Waals surface area contributed by atoms with Crippen LogP contribution in [0.25, 0.3) is 11.1 Å². The number of nitrogen functional groups attached to an aromatic ring is 1. The molecule has 0 amide bonds. The summed E-state index contributed by atoms with van der Waals surface area (Å²) in [6.45, 7) is 5.36. The Balaban J connectivity index is 1.97. The number of oxazole rings is 1. The van der Waals surface area contributed by atoms with Gasteiger partial charge in [0.05, 0.1) is 5.69 Å². The van der Waals surface area contributed by atoms with Crippen molar-refractivity contribution in [3.63, 3.8) is 0 Å². The Morgan fingerprint density at radius 3 is 3.00 bits per heavy atom. The maximum Gasteiger partial charge on any atom is 0.298 e. The van der Waals surface area contributed by atoms with E-state index in [1.54, 1.807) is 0 Å². The minimum atomic E-state index is 0.441. The fraction of sp³-hybridized carbons (Fsp3) is 0.533. The smallest absolute Gasteiger partial charge is 0.298 e. The number of hydrogen-bond acceptors (Lipinski definition) is 5. The first kappa shape index (κ1) is 13.2. The number of para-hydroxylation sites is 1. The minimum Gasteiger partial charge on any atom is -0.423 e. The highest BCUT2D eigenvalue weighted by Crippen LogP contribution is 2.28. The molecule has 0 spiro atoms. The number of likely N-dealkylation sites (N-methyl/N-ethyl adjacent to an activating group) is 1. The summed E-state index contributed by atoms with van der Waals surface area (Å²) in [4.78, 5) is 9.29. The van der Waals surface area contributed by atoms with Gasteiger partial charge in [-0.1, -0.05) is 13.0 Å². The maximum atomic E-state index is 5.97. The lowest BCUT2D eigenvalue weighted by molar-refractivity contribution is 0.325. The molecule has 0 aliphatic carbocycles. The third kappa shape index (κ3) is 2.33. The van der Waals surface area contributed by atoms with Crippen LogP contribution in [0.5, 0.6) is 0 Å². The quantitative estimate of drug-likeness (QED) is 0.852. The lowest BCUT2D eigenvalue weighted by Crippen LogP contribution is -2.40. The fourth-order valence-corrected chi connectivity index (χ4v) is 2.93. The molecule has 1 saturated heterocycles. The standard InChI is InChI=1S/C15H22N4O/c1-3-11-10-18(2)8-5-9-19(11)15-17-14-12(16)6-4-7-13(14)20-15/h4,6-7,11H,3,5,8-10,16H2,1-2H3. The van der Waals surface area contributed by atoms with Gasteiger partial charge >= 0.3 is 0 Å². The molecule has 5 heteroatoms. The van der Waals surface area contributed by atoms with Gasteiger partial charge in [-0.2, -0.15) is 4.98 Å². The monoisotopic (exact) mass is 274 g/mol.